The van der Waals surface area contributed by atoms with Crippen molar-refractivity contribution in [2.75, 3.05) is 5.32 Å². The zero-order chi connectivity index (χ0) is 16.4. The van der Waals surface area contributed by atoms with Gasteiger partial charge in [0.25, 0.3) is 0 Å². The van der Waals surface area contributed by atoms with Crippen molar-refractivity contribution in [3.63, 3.8) is 0 Å². The van der Waals surface area contributed by atoms with Crippen LogP contribution in [0.15, 0.2) is 28.9 Å². The molecule has 120 valence electrons. The minimum Gasteiger partial charge on any atom is -0.361 e. The van der Waals surface area contributed by atoms with Crippen molar-refractivity contribution in [2.24, 2.45) is 0 Å². The molecule has 0 bridgehead atoms. The monoisotopic (exact) mass is 314 g/mol. The summed E-state index contributed by atoms with van der Waals surface area (Å²) in [5.41, 5.74) is 2.54. The van der Waals surface area contributed by atoms with Gasteiger partial charge in [-0.3, -0.25) is 9.72 Å². The lowest BCUT2D eigenvalue weighted by Crippen LogP contribution is -2.37. The maximum atomic E-state index is 12.1. The predicted octanol–water partition coefficient (Wildman–Crippen LogP) is 2.09. The van der Waals surface area contributed by atoms with Crippen LogP contribution in [0.1, 0.15) is 23.9 Å². The number of nitrogens with zero attached hydrogens (tertiary/aromatic N) is 4. The van der Waals surface area contributed by atoms with Crippen molar-refractivity contribution in [3.8, 4) is 0 Å². The van der Waals surface area contributed by atoms with E-state index in [2.05, 4.69) is 26.0 Å². The minimum absolute atomic E-state index is 0.0778. The summed E-state index contributed by atoms with van der Waals surface area (Å²) in [6, 6.07) is 5.11. The van der Waals surface area contributed by atoms with Crippen LogP contribution in [0, 0.1) is 13.8 Å². The molecular weight excluding hydrogens is 296 g/mol. The maximum Gasteiger partial charge on any atom is 0.321 e. The summed E-state index contributed by atoms with van der Waals surface area (Å²) in [6.45, 7) is 5.68. The number of rotatable bonds is 4. The molecule has 8 nitrogen and oxygen atoms in total. The van der Waals surface area contributed by atoms with E-state index < -0.39 is 0 Å². The number of urea groups is 1. The van der Waals surface area contributed by atoms with Gasteiger partial charge in [-0.15, -0.1) is 10.2 Å². The molecular formula is C15H18N6O2. The van der Waals surface area contributed by atoms with E-state index in [0.29, 0.717) is 18.0 Å². The number of aryl methyl sites for hydroxylation is 2. The molecule has 0 aromatic carbocycles. The zero-order valence-electron chi connectivity index (χ0n) is 13.2. The third-order valence-corrected chi connectivity index (χ3v) is 3.61. The molecule has 2 N–H and O–H groups in total. The molecule has 0 aliphatic rings. The van der Waals surface area contributed by atoms with Crippen LogP contribution in [0.25, 0.3) is 5.65 Å². The first-order chi connectivity index (χ1) is 11.0. The van der Waals surface area contributed by atoms with E-state index in [4.69, 9.17) is 4.52 Å². The van der Waals surface area contributed by atoms with Crippen LogP contribution in [-0.2, 0) is 6.42 Å². The second kappa shape index (κ2) is 6.07. The number of fused-ring (bicyclic) bond motifs is 1. The lowest BCUT2D eigenvalue weighted by molar-refractivity contribution is 0.249. The molecule has 1 atom stereocenters. The number of anilines is 1. The van der Waals surface area contributed by atoms with Crippen molar-refractivity contribution in [3.05, 3.63) is 41.4 Å². The van der Waals surface area contributed by atoms with Gasteiger partial charge in [-0.1, -0.05) is 11.2 Å². The summed E-state index contributed by atoms with van der Waals surface area (Å²) >= 11 is 0. The number of carbonyl (C=O) groups is 1. The summed E-state index contributed by atoms with van der Waals surface area (Å²) in [7, 11) is 0. The Kier molecular flexibility index (Phi) is 3.96. The molecule has 0 saturated carbocycles. The summed E-state index contributed by atoms with van der Waals surface area (Å²) in [6.07, 6.45) is 2.44. The molecule has 3 heterocycles. The molecule has 0 aliphatic heterocycles. The number of nitrogens with one attached hydrogen (secondary N) is 2. The zero-order valence-corrected chi connectivity index (χ0v) is 13.2. The molecule has 0 unspecified atom stereocenters. The summed E-state index contributed by atoms with van der Waals surface area (Å²) in [4.78, 5) is 12.1. The molecule has 8 heteroatoms. The number of hydrogen-bond acceptors (Lipinski definition) is 5. The highest BCUT2D eigenvalue weighted by atomic mass is 16.5. The average molecular weight is 314 g/mol. The van der Waals surface area contributed by atoms with Gasteiger partial charge in [0.15, 0.2) is 5.65 Å². The average Bonchev–Trinajstić information content (AvgIpc) is 3.06. The van der Waals surface area contributed by atoms with Gasteiger partial charge in [-0.05, 0) is 39.3 Å². The summed E-state index contributed by atoms with van der Waals surface area (Å²) in [5, 5.41) is 17.4. The Bertz CT molecular complexity index is 818. The van der Waals surface area contributed by atoms with Crippen LogP contribution < -0.4 is 10.6 Å². The number of pyridine rings is 1. The van der Waals surface area contributed by atoms with Crippen molar-refractivity contribution in [1.82, 2.24) is 25.1 Å². The predicted molar refractivity (Wildman–Crippen MR) is 84.3 cm³/mol. The van der Waals surface area contributed by atoms with Gasteiger partial charge in [-0.2, -0.15) is 0 Å². The fraction of sp³-hybridized carbons (Fsp3) is 0.333. The standard InChI is InChI=1S/C15H18N6O2/c1-9(8-12-10(2)20-23-11(12)3)16-15(22)17-14-19-18-13-6-4-5-7-21(13)14/h4-7,9H,8H2,1-3H3,(H2,16,17,19,22)/t9-/m0/s1. The van der Waals surface area contributed by atoms with Crippen LogP contribution >= 0.6 is 0 Å². The van der Waals surface area contributed by atoms with Crippen LogP contribution in [0.2, 0.25) is 0 Å². The number of aromatic nitrogens is 4. The number of carbonyl (C=O) groups excluding carboxylic acids is 1. The van der Waals surface area contributed by atoms with Gasteiger partial charge >= 0.3 is 6.03 Å². The second-order valence-electron chi connectivity index (χ2n) is 5.46. The van der Waals surface area contributed by atoms with E-state index in [1.807, 2.05) is 39.0 Å². The van der Waals surface area contributed by atoms with Crippen LogP contribution in [-0.4, -0.2) is 31.8 Å². The number of amides is 2. The topological polar surface area (TPSA) is 97.3 Å². The molecule has 23 heavy (non-hydrogen) atoms. The largest absolute Gasteiger partial charge is 0.361 e. The molecule has 2 amide bonds. The third-order valence-electron chi connectivity index (χ3n) is 3.61. The fourth-order valence-corrected chi connectivity index (χ4v) is 2.44. The normalized spacial score (nSPS) is 12.3. The van der Waals surface area contributed by atoms with Gasteiger partial charge in [0, 0.05) is 17.8 Å². The van der Waals surface area contributed by atoms with E-state index >= 15 is 0 Å². The van der Waals surface area contributed by atoms with Crippen LogP contribution in [0.5, 0.6) is 0 Å². The molecule has 0 aliphatic carbocycles. The van der Waals surface area contributed by atoms with E-state index in [1.165, 1.54) is 0 Å². The van der Waals surface area contributed by atoms with Crippen molar-refractivity contribution in [2.45, 2.75) is 33.2 Å². The first kappa shape index (κ1) is 15.0. The third kappa shape index (κ3) is 3.15. The molecule has 0 spiro atoms. The highest BCUT2D eigenvalue weighted by molar-refractivity contribution is 5.87. The molecule has 3 aromatic rings. The van der Waals surface area contributed by atoms with Crippen molar-refractivity contribution in [1.29, 1.82) is 0 Å². The lowest BCUT2D eigenvalue weighted by Gasteiger charge is -2.13. The summed E-state index contributed by atoms with van der Waals surface area (Å²) in [5.74, 6) is 1.16. The minimum atomic E-state index is -0.331. The van der Waals surface area contributed by atoms with E-state index in [9.17, 15) is 4.79 Å². The Morgan fingerprint density at radius 3 is 2.91 bits per heavy atom. The Balaban J connectivity index is 1.63. The lowest BCUT2D eigenvalue weighted by atomic mass is 10.1. The van der Waals surface area contributed by atoms with Gasteiger partial charge < -0.3 is 9.84 Å². The van der Waals surface area contributed by atoms with Crippen LogP contribution in [0.3, 0.4) is 0 Å². The molecule has 0 saturated heterocycles. The Labute approximate surface area is 132 Å². The Morgan fingerprint density at radius 1 is 1.35 bits per heavy atom. The molecule has 3 aromatic heterocycles. The van der Waals surface area contributed by atoms with E-state index in [0.717, 1.165) is 17.0 Å². The quantitative estimate of drug-likeness (QED) is 0.768. The molecule has 0 radical (unpaired) electrons. The first-order valence-electron chi connectivity index (χ1n) is 7.33. The van der Waals surface area contributed by atoms with Gasteiger partial charge in [0.1, 0.15) is 5.76 Å². The SMILES string of the molecule is Cc1noc(C)c1C[C@H](C)NC(=O)Nc1nnc2ccccn12. The first-order valence-corrected chi connectivity index (χ1v) is 7.33. The highest BCUT2D eigenvalue weighted by Crippen LogP contribution is 2.14. The van der Waals surface area contributed by atoms with Crippen molar-refractivity contribution >= 4 is 17.6 Å². The molecule has 3 rings (SSSR count). The maximum absolute atomic E-state index is 12.1. The fourth-order valence-electron chi connectivity index (χ4n) is 2.44. The highest BCUT2D eigenvalue weighted by Gasteiger charge is 2.15. The van der Waals surface area contributed by atoms with Gasteiger partial charge in [0.2, 0.25) is 5.95 Å². The van der Waals surface area contributed by atoms with Crippen LogP contribution in [0.4, 0.5) is 10.7 Å². The van der Waals surface area contributed by atoms with Gasteiger partial charge in [0.05, 0.1) is 5.69 Å². The van der Waals surface area contributed by atoms with Crippen molar-refractivity contribution < 1.29 is 9.32 Å². The molecule has 0 fully saturated rings. The van der Waals surface area contributed by atoms with Gasteiger partial charge in [-0.25, -0.2) is 4.79 Å². The van der Waals surface area contributed by atoms with E-state index in [1.54, 1.807) is 10.6 Å². The smallest absolute Gasteiger partial charge is 0.321 e. The Hall–Kier alpha value is -2.90. The second-order valence-corrected chi connectivity index (χ2v) is 5.46. The number of hydrogen-bond donors (Lipinski definition) is 2. The summed E-state index contributed by atoms with van der Waals surface area (Å²) < 4.78 is 6.84. The Morgan fingerprint density at radius 2 is 2.17 bits per heavy atom. The van der Waals surface area contributed by atoms with E-state index in [-0.39, 0.29) is 12.1 Å².